The summed E-state index contributed by atoms with van der Waals surface area (Å²) in [6.45, 7) is 3.33. The van der Waals surface area contributed by atoms with Crippen LogP contribution >= 0.6 is 0 Å². The highest BCUT2D eigenvalue weighted by atomic mass is 16.1. The van der Waals surface area contributed by atoms with E-state index < -0.39 is 0 Å². The summed E-state index contributed by atoms with van der Waals surface area (Å²) >= 11 is 0. The lowest BCUT2D eigenvalue weighted by molar-refractivity contribution is 0.102. The van der Waals surface area contributed by atoms with E-state index in [0.29, 0.717) is 29.4 Å². The first-order chi connectivity index (χ1) is 11.5. The number of aryl methyl sites for hydroxylation is 1. The summed E-state index contributed by atoms with van der Waals surface area (Å²) in [6.07, 6.45) is 0. The first-order valence-electron chi connectivity index (χ1n) is 7.54. The van der Waals surface area contributed by atoms with Gasteiger partial charge in [-0.15, -0.1) is 0 Å². The Kier molecular flexibility index (Phi) is 5.82. The van der Waals surface area contributed by atoms with Gasteiger partial charge in [-0.2, -0.15) is 5.26 Å². The lowest BCUT2D eigenvalue weighted by atomic mass is 10.2. The minimum atomic E-state index is -0.341. The number of carbonyl (C=O) groups is 1. The highest BCUT2D eigenvalue weighted by Gasteiger charge is 2.11. The molecule has 0 spiro atoms. The molecule has 2 aromatic rings. The molecule has 1 amide bonds. The van der Waals surface area contributed by atoms with Crippen molar-refractivity contribution in [1.29, 1.82) is 5.26 Å². The first-order valence-corrected chi connectivity index (χ1v) is 7.54. The summed E-state index contributed by atoms with van der Waals surface area (Å²) in [7, 11) is 3.96. The van der Waals surface area contributed by atoms with Gasteiger partial charge in [0.1, 0.15) is 5.69 Å². The third kappa shape index (κ3) is 5.04. The molecule has 0 fully saturated rings. The average molecular weight is 324 g/mol. The maximum Gasteiger partial charge on any atom is 0.274 e. The fourth-order valence-corrected chi connectivity index (χ4v) is 2.02. The molecule has 2 N–H and O–H groups in total. The van der Waals surface area contributed by atoms with Crippen LogP contribution in [0.5, 0.6) is 0 Å². The second-order valence-corrected chi connectivity index (χ2v) is 5.59. The van der Waals surface area contributed by atoms with Crippen molar-refractivity contribution in [3.63, 3.8) is 0 Å². The van der Waals surface area contributed by atoms with Crippen LogP contribution in [0.4, 0.5) is 11.6 Å². The van der Waals surface area contributed by atoms with Crippen LogP contribution in [-0.2, 0) is 0 Å². The van der Waals surface area contributed by atoms with Gasteiger partial charge >= 0.3 is 0 Å². The summed E-state index contributed by atoms with van der Waals surface area (Å²) in [4.78, 5) is 23.0. The quantitative estimate of drug-likeness (QED) is 0.842. The number of hydrogen-bond acceptors (Lipinski definition) is 6. The van der Waals surface area contributed by atoms with Gasteiger partial charge in [-0.1, -0.05) is 6.07 Å². The standard InChI is InChI=1S/C17H20N6O/c1-12-9-15(22-17(20-12)19-7-8-23(2)3)16(24)21-14-6-4-5-13(10-14)11-18/h4-6,9-10H,7-8H2,1-3H3,(H,21,24)(H,19,20,22). The van der Waals surface area contributed by atoms with E-state index in [9.17, 15) is 4.79 Å². The molecule has 0 saturated heterocycles. The molecule has 0 unspecified atom stereocenters. The predicted octanol–water partition coefficient (Wildman–Crippen LogP) is 1.88. The van der Waals surface area contributed by atoms with E-state index in [1.54, 1.807) is 30.3 Å². The molecule has 7 heteroatoms. The molecule has 0 radical (unpaired) electrons. The molecule has 1 heterocycles. The van der Waals surface area contributed by atoms with E-state index in [2.05, 4.69) is 20.6 Å². The fraction of sp³-hybridized carbons (Fsp3) is 0.294. The number of likely N-dealkylation sites (N-methyl/N-ethyl adjacent to an activating group) is 1. The first kappa shape index (κ1) is 17.4. The lowest BCUT2D eigenvalue weighted by Crippen LogP contribution is -2.22. The minimum absolute atomic E-state index is 0.275. The lowest BCUT2D eigenvalue weighted by Gasteiger charge is -2.11. The SMILES string of the molecule is Cc1cc(C(=O)Nc2cccc(C#N)c2)nc(NCCN(C)C)n1. The van der Waals surface area contributed by atoms with Crippen molar-refractivity contribution in [2.75, 3.05) is 37.8 Å². The molecule has 2 rings (SSSR count). The summed E-state index contributed by atoms with van der Waals surface area (Å²) in [5.41, 5.74) is 2.01. The molecule has 124 valence electrons. The van der Waals surface area contributed by atoms with E-state index in [-0.39, 0.29) is 11.6 Å². The molecule has 0 aliphatic rings. The largest absolute Gasteiger partial charge is 0.353 e. The molecule has 1 aromatic carbocycles. The van der Waals surface area contributed by atoms with Gasteiger partial charge in [0.2, 0.25) is 5.95 Å². The van der Waals surface area contributed by atoms with E-state index in [1.807, 2.05) is 32.0 Å². The van der Waals surface area contributed by atoms with Crippen molar-refractivity contribution in [3.05, 3.63) is 47.3 Å². The number of nitrogens with one attached hydrogen (secondary N) is 2. The average Bonchev–Trinajstić information content (AvgIpc) is 2.54. The van der Waals surface area contributed by atoms with Crippen LogP contribution in [0.2, 0.25) is 0 Å². The monoisotopic (exact) mass is 324 g/mol. The zero-order chi connectivity index (χ0) is 17.5. The van der Waals surface area contributed by atoms with Crippen molar-refractivity contribution in [3.8, 4) is 6.07 Å². The summed E-state index contributed by atoms with van der Waals surface area (Å²) in [5.74, 6) is 0.0824. The number of benzene rings is 1. The number of nitriles is 1. The van der Waals surface area contributed by atoms with Gasteiger partial charge in [0.25, 0.3) is 5.91 Å². The highest BCUT2D eigenvalue weighted by Crippen LogP contribution is 2.12. The Bertz CT molecular complexity index is 766. The van der Waals surface area contributed by atoms with E-state index in [4.69, 9.17) is 5.26 Å². The van der Waals surface area contributed by atoms with Crippen LogP contribution in [0.25, 0.3) is 0 Å². The number of rotatable bonds is 6. The minimum Gasteiger partial charge on any atom is -0.353 e. The topological polar surface area (TPSA) is 93.9 Å². The molecular formula is C17H20N6O. The summed E-state index contributed by atoms with van der Waals surface area (Å²) < 4.78 is 0. The van der Waals surface area contributed by atoms with Gasteiger partial charge in [0.15, 0.2) is 0 Å². The van der Waals surface area contributed by atoms with Crippen molar-refractivity contribution < 1.29 is 4.79 Å². The van der Waals surface area contributed by atoms with Gasteiger partial charge in [-0.3, -0.25) is 4.79 Å². The van der Waals surface area contributed by atoms with Crippen LogP contribution in [0.15, 0.2) is 30.3 Å². The third-order valence-electron chi connectivity index (χ3n) is 3.18. The van der Waals surface area contributed by atoms with Crippen LogP contribution < -0.4 is 10.6 Å². The molecule has 1 aromatic heterocycles. The van der Waals surface area contributed by atoms with Crippen LogP contribution in [0.1, 0.15) is 21.7 Å². The van der Waals surface area contributed by atoms with Crippen molar-refractivity contribution >= 4 is 17.5 Å². The van der Waals surface area contributed by atoms with E-state index in [0.717, 1.165) is 6.54 Å². The van der Waals surface area contributed by atoms with Gasteiger partial charge < -0.3 is 15.5 Å². The normalized spacial score (nSPS) is 10.3. The van der Waals surface area contributed by atoms with Crippen LogP contribution in [0.3, 0.4) is 0 Å². The Morgan fingerprint density at radius 1 is 1.29 bits per heavy atom. The number of amides is 1. The molecule has 0 bridgehead atoms. The Balaban J connectivity index is 2.11. The maximum absolute atomic E-state index is 12.4. The fourth-order valence-electron chi connectivity index (χ4n) is 2.02. The van der Waals surface area contributed by atoms with Gasteiger partial charge in [-0.05, 0) is 45.3 Å². The Morgan fingerprint density at radius 3 is 2.79 bits per heavy atom. The molecule has 7 nitrogen and oxygen atoms in total. The second-order valence-electron chi connectivity index (χ2n) is 5.59. The predicted molar refractivity (Wildman–Crippen MR) is 92.9 cm³/mol. The highest BCUT2D eigenvalue weighted by molar-refractivity contribution is 6.03. The van der Waals surface area contributed by atoms with Crippen molar-refractivity contribution in [1.82, 2.24) is 14.9 Å². The van der Waals surface area contributed by atoms with Gasteiger partial charge in [-0.25, -0.2) is 9.97 Å². The van der Waals surface area contributed by atoms with Gasteiger partial charge in [0, 0.05) is 24.5 Å². The van der Waals surface area contributed by atoms with Crippen LogP contribution in [0, 0.1) is 18.3 Å². The molecule has 0 aliphatic heterocycles. The Hall–Kier alpha value is -2.98. The number of nitrogens with zero attached hydrogens (tertiary/aromatic N) is 4. The number of carbonyl (C=O) groups excluding carboxylic acids is 1. The molecule has 24 heavy (non-hydrogen) atoms. The van der Waals surface area contributed by atoms with Crippen molar-refractivity contribution in [2.24, 2.45) is 0 Å². The third-order valence-corrected chi connectivity index (χ3v) is 3.18. The van der Waals surface area contributed by atoms with E-state index in [1.165, 1.54) is 0 Å². The number of aromatic nitrogens is 2. The second kappa shape index (κ2) is 8.04. The Morgan fingerprint density at radius 2 is 2.08 bits per heavy atom. The van der Waals surface area contributed by atoms with E-state index >= 15 is 0 Å². The zero-order valence-electron chi connectivity index (χ0n) is 14.0. The number of anilines is 2. The summed E-state index contributed by atoms with van der Waals surface area (Å²) in [5, 5.41) is 14.8. The maximum atomic E-state index is 12.4. The molecule has 0 aliphatic carbocycles. The number of hydrogen-bond donors (Lipinski definition) is 2. The molecular weight excluding hydrogens is 304 g/mol. The van der Waals surface area contributed by atoms with Crippen molar-refractivity contribution in [2.45, 2.75) is 6.92 Å². The Labute approximate surface area is 141 Å². The van der Waals surface area contributed by atoms with Crippen LogP contribution in [-0.4, -0.2) is 48.0 Å². The molecule has 0 atom stereocenters. The molecule has 0 saturated carbocycles. The van der Waals surface area contributed by atoms with Gasteiger partial charge in [0.05, 0.1) is 11.6 Å². The smallest absolute Gasteiger partial charge is 0.274 e. The zero-order valence-corrected chi connectivity index (χ0v) is 14.0. The summed E-state index contributed by atoms with van der Waals surface area (Å²) in [6, 6.07) is 10.4.